The van der Waals surface area contributed by atoms with Gasteiger partial charge in [0.1, 0.15) is 0 Å². The Kier molecular flexibility index (Phi) is 7.97. The highest BCUT2D eigenvalue weighted by atomic mass is 19.2. The molecule has 4 rings (SSSR count). The van der Waals surface area contributed by atoms with E-state index in [0.717, 1.165) is 0 Å². The zero-order valence-corrected chi connectivity index (χ0v) is 19.1. The first kappa shape index (κ1) is 28.0. The van der Waals surface area contributed by atoms with Gasteiger partial charge in [0.25, 0.3) is 0 Å². The van der Waals surface area contributed by atoms with Gasteiger partial charge in [0.05, 0.1) is 22.7 Å². The molecule has 0 saturated heterocycles. The van der Waals surface area contributed by atoms with E-state index in [2.05, 4.69) is 30.7 Å². The molecule has 0 N–H and O–H groups in total. The van der Waals surface area contributed by atoms with E-state index in [1.165, 1.54) is 48.5 Å². The van der Waals surface area contributed by atoms with Crippen LogP contribution in [0.1, 0.15) is 0 Å². The van der Waals surface area contributed by atoms with Crippen molar-refractivity contribution in [3.8, 4) is 0 Å². The fourth-order valence-electron chi connectivity index (χ4n) is 2.87. The van der Waals surface area contributed by atoms with Gasteiger partial charge in [-0.05, 0) is 48.5 Å². The third-order valence-electron chi connectivity index (χ3n) is 4.88. The molecule has 0 fully saturated rings. The van der Waals surface area contributed by atoms with E-state index in [0.29, 0.717) is 0 Å². The van der Waals surface area contributed by atoms with Crippen molar-refractivity contribution in [1.29, 1.82) is 0 Å². The van der Waals surface area contributed by atoms with Crippen molar-refractivity contribution in [3.05, 3.63) is 107 Å². The minimum atomic E-state index is -2.33. The van der Waals surface area contributed by atoms with Gasteiger partial charge in [0, 0.05) is 0 Å². The predicted octanol–water partition coefficient (Wildman–Crippen LogP) is 10.3. The first-order chi connectivity index (χ1) is 19.0. The van der Waals surface area contributed by atoms with Gasteiger partial charge in [-0.1, -0.05) is 0 Å². The molecule has 0 unspecified atom stereocenters. The van der Waals surface area contributed by atoms with E-state index in [4.69, 9.17) is 0 Å². The molecule has 0 heterocycles. The second kappa shape index (κ2) is 11.4. The van der Waals surface area contributed by atoms with Gasteiger partial charge >= 0.3 is 0 Å². The van der Waals surface area contributed by atoms with E-state index >= 15 is 0 Å². The Morgan fingerprint density at radius 2 is 0.425 bits per heavy atom. The van der Waals surface area contributed by atoms with E-state index in [1.54, 1.807) is 0 Å². The van der Waals surface area contributed by atoms with Crippen LogP contribution in [0.2, 0.25) is 0 Å². The Bertz CT molecular complexity index is 1500. The van der Waals surface area contributed by atoms with Crippen LogP contribution in [0.25, 0.3) is 0 Å². The summed E-state index contributed by atoms with van der Waals surface area (Å²) in [5, 5.41) is 20.8. The predicted molar refractivity (Wildman–Crippen MR) is 118 cm³/mol. The molecule has 0 spiro atoms. The van der Waals surface area contributed by atoms with Crippen molar-refractivity contribution in [2.24, 2.45) is 30.7 Å². The molecule has 0 radical (unpaired) electrons. The van der Waals surface area contributed by atoms with E-state index < -0.39 is 69.5 Å². The quantitative estimate of drug-likeness (QED) is 0.0958. The van der Waals surface area contributed by atoms with Gasteiger partial charge in [0.2, 0.25) is 11.6 Å². The Labute approximate surface area is 216 Å². The highest BCUT2D eigenvalue weighted by Crippen LogP contribution is 2.33. The molecule has 4 aromatic rings. The summed E-state index contributed by atoms with van der Waals surface area (Å²) in [7, 11) is 0. The van der Waals surface area contributed by atoms with Crippen LogP contribution >= 0.6 is 0 Å². The lowest BCUT2D eigenvalue weighted by Gasteiger charge is -2.03. The van der Waals surface area contributed by atoms with Gasteiger partial charge in [0.15, 0.2) is 57.9 Å². The molecule has 4 aromatic carbocycles. The van der Waals surface area contributed by atoms with Crippen LogP contribution in [0.5, 0.6) is 0 Å². The fourth-order valence-corrected chi connectivity index (χ4v) is 2.87. The van der Waals surface area contributed by atoms with E-state index in [-0.39, 0.29) is 22.7 Å². The summed E-state index contributed by atoms with van der Waals surface area (Å²) in [5.74, 6) is -21.9. The topological polar surface area (TPSA) is 74.2 Å². The highest BCUT2D eigenvalue weighted by Gasteiger charge is 2.27. The first-order valence-corrected chi connectivity index (χ1v) is 10.5. The maximum Gasteiger partial charge on any atom is 0.200 e. The second-order valence-corrected chi connectivity index (χ2v) is 7.47. The first-order valence-electron chi connectivity index (χ1n) is 10.5. The summed E-state index contributed by atoms with van der Waals surface area (Å²) >= 11 is 0. The lowest BCUT2D eigenvalue weighted by Crippen LogP contribution is -2.00. The molecule has 0 atom stereocenters. The van der Waals surface area contributed by atoms with Gasteiger partial charge in [-0.15, -0.1) is 10.2 Å². The molecule has 16 heteroatoms. The molecule has 0 aromatic heterocycles. The lowest BCUT2D eigenvalue weighted by molar-refractivity contribution is 0.380. The van der Waals surface area contributed by atoms with Gasteiger partial charge in [-0.2, -0.15) is 20.5 Å². The number of azo groups is 3. The molecular weight excluding hydrogens is 562 g/mol. The molecule has 204 valence electrons. The maximum atomic E-state index is 13.7. The summed E-state index contributed by atoms with van der Waals surface area (Å²) in [4.78, 5) is 0. The van der Waals surface area contributed by atoms with Gasteiger partial charge in [-0.25, -0.2) is 43.9 Å². The van der Waals surface area contributed by atoms with Crippen molar-refractivity contribution < 1.29 is 43.9 Å². The molecule has 0 aliphatic carbocycles. The fraction of sp³-hybridized carbons (Fsp3) is 0. The van der Waals surface area contributed by atoms with Crippen LogP contribution in [-0.4, -0.2) is 0 Å². The summed E-state index contributed by atoms with van der Waals surface area (Å²) in [5.41, 5.74) is -2.49. The average molecular weight is 570 g/mol. The molecule has 0 bridgehead atoms. The number of nitrogens with zero attached hydrogens (tertiary/aromatic N) is 6. The molecule has 0 saturated carbocycles. The lowest BCUT2D eigenvalue weighted by atomic mass is 10.2. The number of hydrogen-bond donors (Lipinski definition) is 0. The third kappa shape index (κ3) is 5.55. The van der Waals surface area contributed by atoms with Gasteiger partial charge < -0.3 is 0 Å². The summed E-state index contributed by atoms with van der Waals surface area (Å²) < 4.78 is 134. The SMILES string of the molecule is Fc1c(F)c(F)c(N=Nc2ccc(N=Nc3ccc(N=Nc4c(F)c(F)c(F)c(F)c4F)cc3)cc2)c(F)c1F. The van der Waals surface area contributed by atoms with Crippen molar-refractivity contribution in [2.45, 2.75) is 0 Å². The standard InChI is InChI=1S/C24H8F10N6/c25-13-15(27)19(31)23(20(32)16(13)28)39-37-11-5-1-9(2-6-11)35-36-10-3-7-12(8-4-10)38-40-24-21(33)17(29)14(26)18(30)22(24)34/h1-8H. The Balaban J connectivity index is 1.44. The summed E-state index contributed by atoms with van der Waals surface area (Å²) in [6.07, 6.45) is 0. The van der Waals surface area contributed by atoms with Crippen molar-refractivity contribution >= 4 is 34.1 Å². The monoisotopic (exact) mass is 570 g/mol. The summed E-state index contributed by atoms with van der Waals surface area (Å²) in [6.45, 7) is 0. The van der Waals surface area contributed by atoms with Gasteiger partial charge in [-0.3, -0.25) is 0 Å². The van der Waals surface area contributed by atoms with E-state index in [9.17, 15) is 43.9 Å². The normalized spacial score (nSPS) is 11.9. The Hall–Kier alpha value is -5.02. The van der Waals surface area contributed by atoms with Crippen LogP contribution in [0, 0.1) is 58.2 Å². The van der Waals surface area contributed by atoms with Crippen molar-refractivity contribution in [1.82, 2.24) is 0 Å². The van der Waals surface area contributed by atoms with Crippen LogP contribution < -0.4 is 0 Å². The molecular formula is C24H8F10N6. The van der Waals surface area contributed by atoms with Crippen LogP contribution in [0.4, 0.5) is 78.0 Å². The molecule has 40 heavy (non-hydrogen) atoms. The highest BCUT2D eigenvalue weighted by molar-refractivity contribution is 5.51. The Morgan fingerprint density at radius 1 is 0.250 bits per heavy atom. The number of hydrogen-bond acceptors (Lipinski definition) is 6. The van der Waals surface area contributed by atoms with Crippen LogP contribution in [-0.2, 0) is 0 Å². The number of halogens is 10. The van der Waals surface area contributed by atoms with Crippen LogP contribution in [0.3, 0.4) is 0 Å². The molecule has 6 nitrogen and oxygen atoms in total. The summed E-state index contributed by atoms with van der Waals surface area (Å²) in [6, 6.07) is 10.4. The second-order valence-electron chi connectivity index (χ2n) is 7.47. The average Bonchev–Trinajstić information content (AvgIpc) is 2.97. The minimum Gasteiger partial charge on any atom is -0.201 e. The molecule has 0 aliphatic heterocycles. The zero-order chi connectivity index (χ0) is 29.1. The third-order valence-corrected chi connectivity index (χ3v) is 4.88. The number of benzene rings is 4. The largest absolute Gasteiger partial charge is 0.201 e. The van der Waals surface area contributed by atoms with Crippen LogP contribution in [0.15, 0.2) is 79.2 Å². The Morgan fingerprint density at radius 3 is 0.650 bits per heavy atom. The smallest absolute Gasteiger partial charge is 0.200 e. The minimum absolute atomic E-state index is 0.0219. The molecule has 0 aliphatic rings. The maximum absolute atomic E-state index is 13.7. The molecule has 0 amide bonds. The van der Waals surface area contributed by atoms with Crippen molar-refractivity contribution in [3.63, 3.8) is 0 Å². The zero-order valence-electron chi connectivity index (χ0n) is 19.1. The van der Waals surface area contributed by atoms with E-state index in [1.807, 2.05) is 0 Å². The number of rotatable bonds is 6. The van der Waals surface area contributed by atoms with Crippen molar-refractivity contribution in [2.75, 3.05) is 0 Å².